The highest BCUT2D eigenvalue weighted by Crippen LogP contribution is 2.38. The second kappa shape index (κ2) is 7.38. The zero-order chi connectivity index (χ0) is 18.8. The van der Waals surface area contributed by atoms with Crippen molar-refractivity contribution in [3.63, 3.8) is 0 Å². The van der Waals surface area contributed by atoms with E-state index < -0.39 is 0 Å². The molecule has 0 saturated heterocycles. The third kappa shape index (κ3) is 4.17. The van der Waals surface area contributed by atoms with E-state index >= 15 is 0 Å². The number of amides is 2. The van der Waals surface area contributed by atoms with Crippen LogP contribution in [0.25, 0.3) is 0 Å². The van der Waals surface area contributed by atoms with E-state index in [-0.39, 0.29) is 17.7 Å². The molecule has 0 aromatic heterocycles. The molecule has 0 heterocycles. The van der Waals surface area contributed by atoms with Crippen LogP contribution in [0.15, 0.2) is 42.5 Å². The maximum Gasteiger partial charge on any atom is 0.255 e. The number of rotatable bonds is 5. The molecule has 136 valence electrons. The first-order valence-electron chi connectivity index (χ1n) is 8.54. The number of nitrogens with one attached hydrogen (secondary N) is 2. The fourth-order valence-electron chi connectivity index (χ4n) is 2.81. The Balaban J connectivity index is 1.69. The molecule has 2 unspecified atom stereocenters. The lowest BCUT2D eigenvalue weighted by Gasteiger charge is -2.15. The van der Waals surface area contributed by atoms with Crippen LogP contribution in [0.2, 0.25) is 5.02 Å². The highest BCUT2D eigenvalue weighted by atomic mass is 35.5. The number of hydrogen-bond acceptors (Lipinski definition) is 3. The summed E-state index contributed by atoms with van der Waals surface area (Å²) in [7, 11) is 3.81. The third-order valence-electron chi connectivity index (χ3n) is 4.53. The van der Waals surface area contributed by atoms with Crippen molar-refractivity contribution in [2.45, 2.75) is 13.3 Å². The Hall–Kier alpha value is -2.53. The van der Waals surface area contributed by atoms with Gasteiger partial charge in [-0.15, -0.1) is 0 Å². The van der Waals surface area contributed by atoms with Crippen LogP contribution >= 0.6 is 11.6 Å². The summed E-state index contributed by atoms with van der Waals surface area (Å²) in [4.78, 5) is 26.5. The summed E-state index contributed by atoms with van der Waals surface area (Å²) in [5.41, 5.74) is 2.60. The van der Waals surface area contributed by atoms with Crippen molar-refractivity contribution >= 4 is 40.5 Å². The van der Waals surface area contributed by atoms with E-state index in [1.807, 2.05) is 25.1 Å². The van der Waals surface area contributed by atoms with Crippen molar-refractivity contribution in [1.82, 2.24) is 0 Å². The minimum Gasteiger partial charge on any atom is -0.376 e. The van der Waals surface area contributed by atoms with Gasteiger partial charge in [0.05, 0.1) is 10.7 Å². The van der Waals surface area contributed by atoms with Crippen molar-refractivity contribution in [3.8, 4) is 0 Å². The SMILES string of the molecule is CC1CC1C(=O)Nc1cccc(C(=O)Nc2ccc(N(C)C)c(Cl)c2)c1. The Bertz CT molecular complexity index is 851. The van der Waals surface area contributed by atoms with Crippen molar-refractivity contribution in [2.24, 2.45) is 11.8 Å². The molecular weight excluding hydrogens is 350 g/mol. The van der Waals surface area contributed by atoms with Gasteiger partial charge in [0.15, 0.2) is 0 Å². The Morgan fingerprint density at radius 2 is 1.77 bits per heavy atom. The molecule has 26 heavy (non-hydrogen) atoms. The normalized spacial score (nSPS) is 18.2. The van der Waals surface area contributed by atoms with E-state index in [4.69, 9.17) is 11.6 Å². The topological polar surface area (TPSA) is 61.4 Å². The molecule has 1 aliphatic carbocycles. The summed E-state index contributed by atoms with van der Waals surface area (Å²) >= 11 is 6.24. The first-order valence-corrected chi connectivity index (χ1v) is 8.92. The van der Waals surface area contributed by atoms with Crippen LogP contribution in [-0.4, -0.2) is 25.9 Å². The molecule has 0 radical (unpaired) electrons. The molecule has 1 saturated carbocycles. The molecule has 6 heteroatoms. The molecule has 2 N–H and O–H groups in total. The van der Waals surface area contributed by atoms with Gasteiger partial charge < -0.3 is 15.5 Å². The fourth-order valence-corrected chi connectivity index (χ4v) is 3.16. The van der Waals surface area contributed by atoms with Gasteiger partial charge in [-0.25, -0.2) is 0 Å². The van der Waals surface area contributed by atoms with Crippen molar-refractivity contribution in [3.05, 3.63) is 53.1 Å². The van der Waals surface area contributed by atoms with E-state index in [9.17, 15) is 9.59 Å². The van der Waals surface area contributed by atoms with Crippen molar-refractivity contribution in [2.75, 3.05) is 29.6 Å². The number of anilines is 3. The molecule has 0 bridgehead atoms. The maximum atomic E-state index is 12.5. The largest absolute Gasteiger partial charge is 0.376 e. The van der Waals surface area contributed by atoms with E-state index in [2.05, 4.69) is 17.6 Å². The highest BCUT2D eigenvalue weighted by molar-refractivity contribution is 6.33. The molecule has 5 nitrogen and oxygen atoms in total. The van der Waals surface area contributed by atoms with Crippen LogP contribution in [0.5, 0.6) is 0 Å². The predicted octanol–water partition coefficient (Wildman–Crippen LogP) is 4.25. The zero-order valence-electron chi connectivity index (χ0n) is 15.0. The molecule has 1 aliphatic rings. The summed E-state index contributed by atoms with van der Waals surface area (Å²) in [5, 5.41) is 6.27. The van der Waals surface area contributed by atoms with Gasteiger partial charge in [-0.3, -0.25) is 9.59 Å². The maximum absolute atomic E-state index is 12.5. The first kappa shape index (κ1) is 18.3. The van der Waals surface area contributed by atoms with Crippen LogP contribution in [0.1, 0.15) is 23.7 Å². The summed E-state index contributed by atoms with van der Waals surface area (Å²) < 4.78 is 0. The van der Waals surface area contributed by atoms with E-state index in [0.717, 1.165) is 12.1 Å². The van der Waals surface area contributed by atoms with Crippen molar-refractivity contribution < 1.29 is 9.59 Å². The standard InChI is InChI=1S/C20H22ClN3O2/c1-12-9-16(12)20(26)23-14-6-4-5-13(10-14)19(25)22-15-7-8-18(24(2)3)17(21)11-15/h4-8,10-12,16H,9H2,1-3H3,(H,22,25)(H,23,26). The lowest BCUT2D eigenvalue weighted by atomic mass is 10.1. The van der Waals surface area contributed by atoms with Gasteiger partial charge in [0, 0.05) is 37.0 Å². The second-order valence-corrected chi connectivity index (χ2v) is 7.31. The van der Waals surface area contributed by atoms with Gasteiger partial charge in [0.25, 0.3) is 5.91 Å². The number of hydrogen-bond donors (Lipinski definition) is 2. The van der Waals surface area contributed by atoms with E-state index in [1.54, 1.807) is 36.4 Å². The Labute approximate surface area is 158 Å². The van der Waals surface area contributed by atoms with E-state index in [0.29, 0.717) is 27.9 Å². The van der Waals surface area contributed by atoms with Crippen LogP contribution in [0.4, 0.5) is 17.1 Å². The number of carbonyl (C=O) groups excluding carboxylic acids is 2. The molecule has 1 fully saturated rings. The van der Waals surface area contributed by atoms with E-state index in [1.165, 1.54) is 0 Å². The van der Waals surface area contributed by atoms with Crippen molar-refractivity contribution in [1.29, 1.82) is 0 Å². The van der Waals surface area contributed by atoms with Gasteiger partial charge in [-0.05, 0) is 48.7 Å². The molecular formula is C20H22ClN3O2. The third-order valence-corrected chi connectivity index (χ3v) is 4.83. The molecule has 2 aromatic carbocycles. The monoisotopic (exact) mass is 371 g/mol. The number of halogens is 1. The fraction of sp³-hybridized carbons (Fsp3) is 0.300. The van der Waals surface area contributed by atoms with Crippen LogP contribution < -0.4 is 15.5 Å². The van der Waals surface area contributed by atoms with Crippen LogP contribution in [0, 0.1) is 11.8 Å². The molecule has 2 amide bonds. The summed E-state index contributed by atoms with van der Waals surface area (Å²) in [6.45, 7) is 2.06. The number of carbonyl (C=O) groups is 2. The van der Waals surface area contributed by atoms with Gasteiger partial charge in [0.1, 0.15) is 0 Å². The molecule has 0 aliphatic heterocycles. The zero-order valence-corrected chi connectivity index (χ0v) is 15.8. The van der Waals surface area contributed by atoms with Gasteiger partial charge in [-0.1, -0.05) is 24.6 Å². The average molecular weight is 372 g/mol. The predicted molar refractivity (Wildman–Crippen MR) is 106 cm³/mol. The smallest absolute Gasteiger partial charge is 0.255 e. The van der Waals surface area contributed by atoms with Gasteiger partial charge >= 0.3 is 0 Å². The Morgan fingerprint density at radius 3 is 2.38 bits per heavy atom. The Morgan fingerprint density at radius 1 is 1.08 bits per heavy atom. The van der Waals surface area contributed by atoms with Gasteiger partial charge in [-0.2, -0.15) is 0 Å². The molecule has 3 rings (SSSR count). The summed E-state index contributed by atoms with van der Waals surface area (Å²) in [6.07, 6.45) is 0.926. The first-order chi connectivity index (χ1) is 12.3. The number of nitrogens with zero attached hydrogens (tertiary/aromatic N) is 1. The molecule has 0 spiro atoms. The van der Waals surface area contributed by atoms with Gasteiger partial charge in [0.2, 0.25) is 5.91 Å². The lowest BCUT2D eigenvalue weighted by molar-refractivity contribution is -0.117. The summed E-state index contributed by atoms with van der Waals surface area (Å²) in [6, 6.07) is 12.3. The Kier molecular flexibility index (Phi) is 5.18. The average Bonchev–Trinajstić information content (AvgIpc) is 3.32. The van der Waals surface area contributed by atoms with Crippen LogP contribution in [-0.2, 0) is 4.79 Å². The second-order valence-electron chi connectivity index (χ2n) is 6.90. The summed E-state index contributed by atoms with van der Waals surface area (Å²) in [5.74, 6) is 0.289. The molecule has 2 atom stereocenters. The highest BCUT2D eigenvalue weighted by Gasteiger charge is 2.39. The van der Waals surface area contributed by atoms with Crippen LogP contribution in [0.3, 0.4) is 0 Å². The number of benzene rings is 2. The lowest BCUT2D eigenvalue weighted by Crippen LogP contribution is -2.16. The molecule has 2 aromatic rings. The minimum atomic E-state index is -0.255. The minimum absolute atomic E-state index is 0.0149. The quantitative estimate of drug-likeness (QED) is 0.825.